The van der Waals surface area contributed by atoms with Crippen molar-refractivity contribution in [2.45, 2.75) is 6.42 Å². The Morgan fingerprint density at radius 1 is 1.03 bits per heavy atom. The number of rotatable bonds is 9. The molecule has 0 aliphatic heterocycles. The zero-order valence-corrected chi connectivity index (χ0v) is 18.2. The number of anilines is 1. The highest BCUT2D eigenvalue weighted by atomic mass is 35.5. The number of benzene rings is 2. The summed E-state index contributed by atoms with van der Waals surface area (Å²) in [5.74, 6) is 1.12. The number of ketones is 1. The lowest BCUT2D eigenvalue weighted by Crippen LogP contribution is -2.16. The topological polar surface area (TPSA) is 76.1 Å². The molecule has 0 saturated heterocycles. The number of methoxy groups -OCH3 is 1. The van der Waals surface area contributed by atoms with Gasteiger partial charge in [-0.15, -0.1) is 5.10 Å². The van der Waals surface area contributed by atoms with Gasteiger partial charge in [0.2, 0.25) is 0 Å². The Hall–Kier alpha value is -3.35. The summed E-state index contributed by atoms with van der Waals surface area (Å²) in [5.41, 5.74) is 8.24. The van der Waals surface area contributed by atoms with Crippen LogP contribution in [-0.4, -0.2) is 23.1 Å². The maximum atomic E-state index is 11.9. The van der Waals surface area contributed by atoms with Crippen LogP contribution in [0, 0.1) is 0 Å². The van der Waals surface area contributed by atoms with E-state index in [0.717, 1.165) is 22.6 Å². The van der Waals surface area contributed by atoms with Gasteiger partial charge in [0.05, 0.1) is 12.8 Å². The fourth-order valence-corrected chi connectivity index (χ4v) is 3.04. The third kappa shape index (κ3) is 7.13. The predicted molar refractivity (Wildman–Crippen MR) is 124 cm³/mol. The van der Waals surface area contributed by atoms with Crippen molar-refractivity contribution >= 4 is 40.9 Å². The molecule has 0 aliphatic carbocycles. The van der Waals surface area contributed by atoms with Gasteiger partial charge in [-0.2, -0.15) is 5.10 Å². The zero-order chi connectivity index (χ0) is 22.1. The maximum Gasteiger partial charge on any atom is 0.180 e. The zero-order valence-electron chi connectivity index (χ0n) is 16.7. The van der Waals surface area contributed by atoms with E-state index >= 15 is 0 Å². The largest absolute Gasteiger partial charge is 0.497 e. The van der Waals surface area contributed by atoms with Gasteiger partial charge in [-0.05, 0) is 53.6 Å². The summed E-state index contributed by atoms with van der Waals surface area (Å²) in [5, 5.41) is 9.45. The second kappa shape index (κ2) is 11.2. The molecule has 2 N–H and O–H groups in total. The van der Waals surface area contributed by atoms with Crippen LogP contribution in [0.1, 0.15) is 16.8 Å². The predicted octanol–water partition coefficient (Wildman–Crippen LogP) is 5.10. The molecule has 2 aromatic carbocycles. The molecule has 158 valence electrons. The highest BCUT2D eigenvalue weighted by Gasteiger charge is 2.04. The van der Waals surface area contributed by atoms with Gasteiger partial charge in [-0.25, -0.2) is 0 Å². The average Bonchev–Trinajstić information content (AvgIpc) is 2.78. The van der Waals surface area contributed by atoms with Crippen LogP contribution in [0.15, 0.2) is 72.9 Å². The fraction of sp³-hybridized carbons (Fsp3) is 0.0870. The molecule has 0 fully saturated rings. The van der Waals surface area contributed by atoms with E-state index in [1.165, 1.54) is 18.4 Å². The third-order valence-corrected chi connectivity index (χ3v) is 4.78. The molecule has 3 rings (SSSR count). The Bertz CT molecular complexity index is 1080. The maximum absolute atomic E-state index is 11.9. The van der Waals surface area contributed by atoms with E-state index in [9.17, 15) is 4.79 Å². The van der Waals surface area contributed by atoms with E-state index in [4.69, 9.17) is 27.9 Å². The molecule has 0 bridgehead atoms. The first-order valence-electron chi connectivity index (χ1n) is 9.34. The van der Waals surface area contributed by atoms with Gasteiger partial charge in [0.1, 0.15) is 5.75 Å². The number of hydrazine groups is 1. The minimum Gasteiger partial charge on any atom is -0.497 e. The lowest BCUT2D eigenvalue weighted by atomic mass is 10.1. The highest BCUT2D eigenvalue weighted by Crippen LogP contribution is 2.23. The minimum absolute atomic E-state index is 0.161. The summed E-state index contributed by atoms with van der Waals surface area (Å²) in [6.07, 6.45) is 6.65. The van der Waals surface area contributed by atoms with Crippen LogP contribution in [0.5, 0.6) is 5.75 Å². The van der Waals surface area contributed by atoms with Gasteiger partial charge in [-0.3, -0.25) is 10.2 Å². The molecule has 1 aromatic heterocycles. The quantitative estimate of drug-likeness (QED) is 0.346. The second-order valence-electron chi connectivity index (χ2n) is 6.43. The van der Waals surface area contributed by atoms with Gasteiger partial charge in [-0.1, -0.05) is 47.5 Å². The van der Waals surface area contributed by atoms with Crippen LogP contribution < -0.4 is 15.6 Å². The Morgan fingerprint density at radius 2 is 1.84 bits per heavy atom. The van der Waals surface area contributed by atoms with Gasteiger partial charge in [0.25, 0.3) is 0 Å². The molecule has 1 heterocycles. The normalized spacial score (nSPS) is 11.1. The Morgan fingerprint density at radius 3 is 2.52 bits per heavy atom. The first kappa shape index (κ1) is 22.3. The van der Waals surface area contributed by atoms with E-state index in [1.807, 2.05) is 36.4 Å². The molecule has 6 nitrogen and oxygen atoms in total. The molecule has 0 saturated carbocycles. The third-order valence-electron chi connectivity index (χ3n) is 4.19. The first-order valence-corrected chi connectivity index (χ1v) is 10.1. The van der Waals surface area contributed by atoms with Gasteiger partial charge in [0, 0.05) is 28.7 Å². The van der Waals surface area contributed by atoms with Crippen LogP contribution in [-0.2, 0) is 11.2 Å². The Kier molecular flexibility index (Phi) is 8.04. The molecule has 0 radical (unpaired) electrons. The van der Waals surface area contributed by atoms with Crippen molar-refractivity contribution in [2.24, 2.45) is 0 Å². The van der Waals surface area contributed by atoms with Crippen LogP contribution in [0.2, 0.25) is 10.0 Å². The number of hydrogen-bond acceptors (Lipinski definition) is 6. The smallest absolute Gasteiger partial charge is 0.180 e. The van der Waals surface area contributed by atoms with Gasteiger partial charge in [0.15, 0.2) is 11.6 Å². The van der Waals surface area contributed by atoms with E-state index in [1.54, 1.807) is 31.4 Å². The number of carbonyl (C=O) groups excluding carboxylic acids is 1. The monoisotopic (exact) mass is 454 g/mol. The van der Waals surface area contributed by atoms with Crippen LogP contribution >= 0.6 is 23.2 Å². The number of aromatic nitrogens is 2. The number of halogens is 2. The molecule has 31 heavy (non-hydrogen) atoms. The molecule has 3 aromatic rings. The summed E-state index contributed by atoms with van der Waals surface area (Å²) < 4.78 is 5.10. The van der Waals surface area contributed by atoms with E-state index in [2.05, 4.69) is 21.0 Å². The van der Waals surface area contributed by atoms with Crippen molar-refractivity contribution in [3.63, 3.8) is 0 Å². The molecule has 0 aliphatic rings. The number of ether oxygens (including phenoxy) is 1. The average molecular weight is 455 g/mol. The van der Waals surface area contributed by atoms with Crippen LogP contribution in [0.4, 0.5) is 5.82 Å². The summed E-state index contributed by atoms with van der Waals surface area (Å²) in [6, 6.07) is 16.4. The lowest BCUT2D eigenvalue weighted by molar-refractivity contribution is -0.110. The summed E-state index contributed by atoms with van der Waals surface area (Å²) in [7, 11) is 1.61. The SMILES string of the molecule is COc1ccc(C=CC(=O)C=CNNc2ccc(Cc3ccc(Cl)cc3Cl)nn2)cc1. The lowest BCUT2D eigenvalue weighted by Gasteiger charge is -2.06. The molecular weight excluding hydrogens is 435 g/mol. The fourth-order valence-electron chi connectivity index (χ4n) is 2.57. The van der Waals surface area contributed by atoms with Crippen molar-refractivity contribution < 1.29 is 9.53 Å². The first-order chi connectivity index (χ1) is 15.0. The standard InChI is InChI=1S/C23H20Cl2N4O2/c1-31-21-9-3-16(4-10-21)2-8-20(30)12-13-26-28-23-11-7-19(27-29-23)14-17-5-6-18(24)15-22(17)25/h2-13,15,26H,14H2,1H3,(H,28,29). The van der Waals surface area contributed by atoms with Crippen LogP contribution in [0.25, 0.3) is 6.08 Å². The number of nitrogens with zero attached hydrogens (tertiary/aromatic N) is 2. The molecule has 0 atom stereocenters. The van der Waals surface area contributed by atoms with Gasteiger partial charge < -0.3 is 10.2 Å². The van der Waals surface area contributed by atoms with E-state index < -0.39 is 0 Å². The summed E-state index contributed by atoms with van der Waals surface area (Å²) >= 11 is 12.1. The van der Waals surface area contributed by atoms with Crippen LogP contribution in [0.3, 0.4) is 0 Å². The summed E-state index contributed by atoms with van der Waals surface area (Å²) in [4.78, 5) is 11.9. The Labute approximate surface area is 190 Å². The molecule has 0 amide bonds. The molecule has 8 heteroatoms. The number of hydrogen-bond donors (Lipinski definition) is 2. The van der Waals surface area contributed by atoms with E-state index in [0.29, 0.717) is 22.3 Å². The van der Waals surface area contributed by atoms with Crippen molar-refractivity contribution in [1.29, 1.82) is 0 Å². The summed E-state index contributed by atoms with van der Waals surface area (Å²) in [6.45, 7) is 0. The molecule has 0 unspecified atom stereocenters. The van der Waals surface area contributed by atoms with Crippen molar-refractivity contribution in [3.8, 4) is 5.75 Å². The Balaban J connectivity index is 1.45. The molecular formula is C23H20Cl2N4O2. The number of allylic oxidation sites excluding steroid dienone is 2. The van der Waals surface area contributed by atoms with Crippen molar-refractivity contribution in [2.75, 3.05) is 12.5 Å². The highest BCUT2D eigenvalue weighted by molar-refractivity contribution is 6.35. The number of nitrogens with one attached hydrogen (secondary N) is 2. The molecule has 0 spiro atoms. The second-order valence-corrected chi connectivity index (χ2v) is 7.28. The minimum atomic E-state index is -0.161. The number of carbonyl (C=O) groups is 1. The van der Waals surface area contributed by atoms with E-state index in [-0.39, 0.29) is 5.78 Å². The van der Waals surface area contributed by atoms with Gasteiger partial charge >= 0.3 is 0 Å². The van der Waals surface area contributed by atoms with Crippen molar-refractivity contribution in [1.82, 2.24) is 15.6 Å². The van der Waals surface area contributed by atoms with Crippen molar-refractivity contribution in [3.05, 3.63) is 99.8 Å².